The van der Waals surface area contributed by atoms with Gasteiger partial charge >= 0.3 is 0 Å². The predicted molar refractivity (Wildman–Crippen MR) is 46.7 cm³/mol. The molecule has 0 spiro atoms. The quantitative estimate of drug-likeness (QED) is 0.605. The van der Waals surface area contributed by atoms with Crippen LogP contribution in [0.2, 0.25) is 0 Å². The average Bonchev–Trinajstić information content (AvgIpc) is 2.13. The van der Waals surface area contributed by atoms with E-state index in [4.69, 9.17) is 0 Å². The van der Waals surface area contributed by atoms with Gasteiger partial charge in [0, 0.05) is 6.42 Å². The fourth-order valence-corrected chi connectivity index (χ4v) is 3.52. The summed E-state index contributed by atoms with van der Waals surface area (Å²) in [6.45, 7) is 3.42. The van der Waals surface area contributed by atoms with Gasteiger partial charge in [0.1, 0.15) is 6.29 Å². The summed E-state index contributed by atoms with van der Waals surface area (Å²) < 4.78 is 22.2. The Kier molecular flexibility index (Phi) is 2.29. The molecule has 0 saturated carbocycles. The van der Waals surface area contributed by atoms with Gasteiger partial charge in [-0.05, 0) is 26.2 Å². The van der Waals surface area contributed by atoms with Crippen molar-refractivity contribution < 1.29 is 13.2 Å². The number of aldehydes is 1. The maximum absolute atomic E-state index is 11.5. The normalized spacial score (nSPS) is 31.7. The van der Waals surface area contributed by atoms with Gasteiger partial charge in [0.15, 0.2) is 9.84 Å². The topological polar surface area (TPSA) is 51.2 Å². The summed E-state index contributed by atoms with van der Waals surface area (Å²) in [6.07, 6.45) is 1.81. The zero-order valence-corrected chi connectivity index (χ0v) is 8.23. The second-order valence-corrected chi connectivity index (χ2v) is 6.50. The molecule has 0 aliphatic carbocycles. The second kappa shape index (κ2) is 2.83. The minimum atomic E-state index is -2.95. The highest BCUT2D eigenvalue weighted by molar-refractivity contribution is 7.93. The Bertz CT molecular complexity index is 277. The highest BCUT2D eigenvalue weighted by Gasteiger charge is 2.46. The minimum Gasteiger partial charge on any atom is -0.303 e. The van der Waals surface area contributed by atoms with Crippen LogP contribution in [0.4, 0.5) is 0 Å². The second-order valence-electron chi connectivity index (χ2n) is 3.81. The number of hydrogen-bond donors (Lipinski definition) is 0. The van der Waals surface area contributed by atoms with Crippen molar-refractivity contribution in [2.75, 3.05) is 5.75 Å². The Morgan fingerprint density at radius 2 is 2.08 bits per heavy atom. The molecule has 12 heavy (non-hydrogen) atoms. The zero-order valence-electron chi connectivity index (χ0n) is 7.41. The van der Waals surface area contributed by atoms with Gasteiger partial charge in [-0.15, -0.1) is 0 Å². The molecule has 0 bridgehead atoms. The van der Waals surface area contributed by atoms with Crippen LogP contribution in [-0.2, 0) is 14.6 Å². The van der Waals surface area contributed by atoms with Gasteiger partial charge in [0.05, 0.1) is 10.5 Å². The lowest BCUT2D eigenvalue weighted by Crippen LogP contribution is -2.33. The molecule has 0 radical (unpaired) electrons. The summed E-state index contributed by atoms with van der Waals surface area (Å²) in [5.74, 6) is 0.249. The molecule has 3 nitrogen and oxygen atoms in total. The van der Waals surface area contributed by atoms with Gasteiger partial charge in [-0.1, -0.05) is 0 Å². The highest BCUT2D eigenvalue weighted by atomic mass is 32.2. The largest absolute Gasteiger partial charge is 0.303 e. The van der Waals surface area contributed by atoms with E-state index in [9.17, 15) is 13.2 Å². The molecule has 0 amide bonds. The van der Waals surface area contributed by atoms with E-state index in [1.54, 1.807) is 13.8 Å². The Labute approximate surface area is 73.1 Å². The first-order valence-corrected chi connectivity index (χ1v) is 5.73. The van der Waals surface area contributed by atoms with Crippen LogP contribution in [0.25, 0.3) is 0 Å². The van der Waals surface area contributed by atoms with Crippen molar-refractivity contribution in [3.05, 3.63) is 0 Å². The summed E-state index contributed by atoms with van der Waals surface area (Å²) in [4.78, 5) is 10.3. The van der Waals surface area contributed by atoms with Gasteiger partial charge in [0.25, 0.3) is 0 Å². The van der Waals surface area contributed by atoms with E-state index >= 15 is 0 Å². The van der Waals surface area contributed by atoms with Crippen LogP contribution in [0.5, 0.6) is 0 Å². The smallest absolute Gasteiger partial charge is 0.155 e. The summed E-state index contributed by atoms with van der Waals surface area (Å²) in [6, 6.07) is 0. The molecule has 1 atom stereocenters. The zero-order chi connectivity index (χ0) is 9.41. The lowest BCUT2D eigenvalue weighted by atomic mass is 9.90. The molecule has 0 aromatic heterocycles. The fourth-order valence-electron chi connectivity index (χ4n) is 1.68. The molecule has 0 aromatic rings. The Hall–Kier alpha value is -0.380. The van der Waals surface area contributed by atoms with E-state index in [1.165, 1.54) is 0 Å². The van der Waals surface area contributed by atoms with E-state index < -0.39 is 14.6 Å². The molecule has 0 N–H and O–H groups in total. The number of hydrogen-bond acceptors (Lipinski definition) is 3. The molecule has 1 fully saturated rings. The monoisotopic (exact) mass is 190 g/mol. The first-order chi connectivity index (χ1) is 5.42. The van der Waals surface area contributed by atoms with Crippen molar-refractivity contribution in [3.63, 3.8) is 0 Å². The number of sulfone groups is 1. The lowest BCUT2D eigenvalue weighted by molar-refractivity contribution is -0.108. The molecule has 1 aliphatic rings. The van der Waals surface area contributed by atoms with Crippen molar-refractivity contribution in [3.8, 4) is 0 Å². The molecule has 1 unspecified atom stereocenters. The van der Waals surface area contributed by atoms with Crippen LogP contribution in [0.1, 0.15) is 26.7 Å². The first kappa shape index (κ1) is 9.71. The summed E-state index contributed by atoms with van der Waals surface area (Å²) in [5.41, 5.74) is 0. The van der Waals surface area contributed by atoms with Crippen LogP contribution in [-0.4, -0.2) is 25.2 Å². The number of carbonyl (C=O) groups excluding carboxylic acids is 1. The maximum atomic E-state index is 11.5. The van der Waals surface area contributed by atoms with E-state index in [-0.39, 0.29) is 11.7 Å². The van der Waals surface area contributed by atoms with Gasteiger partial charge in [-0.2, -0.15) is 0 Å². The van der Waals surface area contributed by atoms with Crippen LogP contribution in [0.3, 0.4) is 0 Å². The molecule has 1 rings (SSSR count). The van der Waals surface area contributed by atoms with E-state index in [0.717, 1.165) is 6.29 Å². The highest BCUT2D eigenvalue weighted by Crippen LogP contribution is 2.38. The van der Waals surface area contributed by atoms with Crippen molar-refractivity contribution >= 4 is 16.1 Å². The van der Waals surface area contributed by atoms with Gasteiger partial charge in [-0.3, -0.25) is 0 Å². The molecule has 0 aromatic carbocycles. The van der Waals surface area contributed by atoms with Gasteiger partial charge in [0.2, 0.25) is 0 Å². The van der Waals surface area contributed by atoms with E-state index in [1.807, 2.05) is 0 Å². The Morgan fingerprint density at radius 1 is 1.50 bits per heavy atom. The maximum Gasteiger partial charge on any atom is 0.155 e. The summed E-state index contributed by atoms with van der Waals surface area (Å²) in [7, 11) is -2.95. The molecular formula is C8H14O3S. The third kappa shape index (κ3) is 1.28. The summed E-state index contributed by atoms with van der Waals surface area (Å²) in [5, 5.41) is 0. The van der Waals surface area contributed by atoms with Crippen molar-refractivity contribution in [2.45, 2.75) is 31.4 Å². The van der Waals surface area contributed by atoms with Crippen LogP contribution in [0, 0.1) is 5.92 Å². The van der Waals surface area contributed by atoms with Crippen LogP contribution >= 0.6 is 0 Å². The van der Waals surface area contributed by atoms with Crippen molar-refractivity contribution in [1.82, 2.24) is 0 Å². The van der Waals surface area contributed by atoms with Crippen molar-refractivity contribution in [2.24, 2.45) is 5.92 Å². The Morgan fingerprint density at radius 3 is 2.42 bits per heavy atom. The van der Waals surface area contributed by atoms with Crippen LogP contribution in [0.15, 0.2) is 0 Å². The molecule has 1 heterocycles. The molecular weight excluding hydrogens is 176 g/mol. The Balaban J connectivity index is 2.93. The molecule has 4 heteroatoms. The van der Waals surface area contributed by atoms with Gasteiger partial charge in [-0.25, -0.2) is 8.42 Å². The standard InChI is InChI=1S/C8H14O3S/c1-8(2)7(3-5-9)4-6-12(8,10)11/h5,7H,3-4,6H2,1-2H3. The first-order valence-electron chi connectivity index (χ1n) is 4.08. The SMILES string of the molecule is CC1(C)C(CC=O)CCS1(=O)=O. The lowest BCUT2D eigenvalue weighted by Gasteiger charge is -2.23. The number of carbonyl (C=O) groups is 1. The minimum absolute atomic E-state index is 0.0139. The predicted octanol–water partition coefficient (Wildman–Crippen LogP) is 0.789. The number of rotatable bonds is 2. The van der Waals surface area contributed by atoms with Crippen LogP contribution < -0.4 is 0 Å². The summed E-state index contributed by atoms with van der Waals surface area (Å²) >= 11 is 0. The van der Waals surface area contributed by atoms with Gasteiger partial charge < -0.3 is 4.79 Å². The third-order valence-corrected chi connectivity index (χ3v) is 5.61. The molecule has 70 valence electrons. The van der Waals surface area contributed by atoms with Crippen molar-refractivity contribution in [1.29, 1.82) is 0 Å². The third-order valence-electron chi connectivity index (χ3n) is 2.90. The van der Waals surface area contributed by atoms with E-state index in [0.29, 0.717) is 12.8 Å². The molecule has 1 aliphatic heterocycles. The van der Waals surface area contributed by atoms with E-state index in [2.05, 4.69) is 0 Å². The molecule has 1 saturated heterocycles. The average molecular weight is 190 g/mol. The fraction of sp³-hybridized carbons (Fsp3) is 0.875.